The SMILES string of the molecule is O=C(CCCCCCS)NC1CCCCC1. The molecular formula is C13H25NOS. The maximum absolute atomic E-state index is 11.6. The molecule has 1 aliphatic rings. The summed E-state index contributed by atoms with van der Waals surface area (Å²) >= 11 is 4.17. The second kappa shape index (κ2) is 8.91. The fraction of sp³-hybridized carbons (Fsp3) is 0.923. The first-order valence-corrected chi connectivity index (χ1v) is 7.36. The Bertz CT molecular complexity index is 190. The van der Waals surface area contributed by atoms with Crippen LogP contribution in [0.2, 0.25) is 0 Å². The van der Waals surface area contributed by atoms with Crippen molar-refractivity contribution in [3.63, 3.8) is 0 Å². The topological polar surface area (TPSA) is 29.1 Å². The van der Waals surface area contributed by atoms with Gasteiger partial charge in [-0.2, -0.15) is 12.6 Å². The molecular weight excluding hydrogens is 218 g/mol. The van der Waals surface area contributed by atoms with Crippen molar-refractivity contribution in [2.24, 2.45) is 0 Å². The van der Waals surface area contributed by atoms with E-state index in [1.807, 2.05) is 0 Å². The summed E-state index contributed by atoms with van der Waals surface area (Å²) in [5.41, 5.74) is 0. The van der Waals surface area contributed by atoms with E-state index in [0.29, 0.717) is 12.5 Å². The van der Waals surface area contributed by atoms with Crippen LogP contribution in [0.15, 0.2) is 0 Å². The summed E-state index contributed by atoms with van der Waals surface area (Å²) in [5.74, 6) is 1.23. The highest BCUT2D eigenvalue weighted by Gasteiger charge is 2.14. The third-order valence-electron chi connectivity index (χ3n) is 3.28. The van der Waals surface area contributed by atoms with Crippen molar-refractivity contribution in [2.45, 2.75) is 70.3 Å². The summed E-state index contributed by atoms with van der Waals surface area (Å²) in [4.78, 5) is 11.6. The Morgan fingerprint density at radius 1 is 1.06 bits per heavy atom. The van der Waals surface area contributed by atoms with Gasteiger partial charge in [0.1, 0.15) is 0 Å². The molecule has 0 bridgehead atoms. The van der Waals surface area contributed by atoms with E-state index in [1.165, 1.54) is 51.4 Å². The highest BCUT2D eigenvalue weighted by molar-refractivity contribution is 7.80. The molecule has 2 nitrogen and oxygen atoms in total. The average Bonchev–Trinajstić information content (AvgIpc) is 2.30. The van der Waals surface area contributed by atoms with Crippen molar-refractivity contribution in [3.05, 3.63) is 0 Å². The van der Waals surface area contributed by atoms with E-state index in [2.05, 4.69) is 17.9 Å². The van der Waals surface area contributed by atoms with E-state index in [0.717, 1.165) is 12.2 Å². The molecule has 0 spiro atoms. The van der Waals surface area contributed by atoms with Crippen LogP contribution in [-0.4, -0.2) is 17.7 Å². The maximum Gasteiger partial charge on any atom is 0.220 e. The van der Waals surface area contributed by atoms with Crippen LogP contribution in [0.5, 0.6) is 0 Å². The van der Waals surface area contributed by atoms with Gasteiger partial charge in [0, 0.05) is 12.5 Å². The predicted octanol–water partition coefficient (Wildman–Crippen LogP) is 3.32. The third-order valence-corrected chi connectivity index (χ3v) is 3.60. The van der Waals surface area contributed by atoms with Gasteiger partial charge in [-0.15, -0.1) is 0 Å². The lowest BCUT2D eigenvalue weighted by atomic mass is 9.95. The minimum Gasteiger partial charge on any atom is -0.353 e. The van der Waals surface area contributed by atoms with Gasteiger partial charge in [0.25, 0.3) is 0 Å². The average molecular weight is 243 g/mol. The zero-order valence-electron chi connectivity index (χ0n) is 10.2. The number of hydrogen-bond acceptors (Lipinski definition) is 2. The zero-order valence-corrected chi connectivity index (χ0v) is 11.1. The van der Waals surface area contributed by atoms with Crippen LogP contribution in [0.4, 0.5) is 0 Å². The molecule has 16 heavy (non-hydrogen) atoms. The van der Waals surface area contributed by atoms with E-state index in [1.54, 1.807) is 0 Å². The number of hydrogen-bond donors (Lipinski definition) is 2. The summed E-state index contributed by atoms with van der Waals surface area (Å²) < 4.78 is 0. The first-order valence-electron chi connectivity index (χ1n) is 6.73. The zero-order chi connectivity index (χ0) is 11.6. The van der Waals surface area contributed by atoms with Crippen molar-refractivity contribution in [1.82, 2.24) is 5.32 Å². The van der Waals surface area contributed by atoms with E-state index < -0.39 is 0 Å². The summed E-state index contributed by atoms with van der Waals surface area (Å²) in [5, 5.41) is 3.16. The minimum absolute atomic E-state index is 0.262. The molecule has 1 N–H and O–H groups in total. The fourth-order valence-electron chi connectivity index (χ4n) is 2.30. The van der Waals surface area contributed by atoms with Crippen molar-refractivity contribution in [1.29, 1.82) is 0 Å². The standard InChI is InChI=1S/C13H25NOS/c15-13(10-6-1-2-7-11-16)14-12-8-4-3-5-9-12/h12,16H,1-11H2,(H,14,15). The van der Waals surface area contributed by atoms with E-state index in [9.17, 15) is 4.79 Å². The minimum atomic E-state index is 0.262. The van der Waals surface area contributed by atoms with Crippen molar-refractivity contribution < 1.29 is 4.79 Å². The first-order chi connectivity index (χ1) is 7.83. The summed E-state index contributed by atoms with van der Waals surface area (Å²) in [6, 6.07) is 0.471. The van der Waals surface area contributed by atoms with Crippen LogP contribution in [-0.2, 0) is 4.79 Å². The van der Waals surface area contributed by atoms with Crippen molar-refractivity contribution in [2.75, 3.05) is 5.75 Å². The van der Waals surface area contributed by atoms with Crippen LogP contribution in [0.25, 0.3) is 0 Å². The van der Waals surface area contributed by atoms with Crippen LogP contribution >= 0.6 is 12.6 Å². The second-order valence-corrected chi connectivity index (χ2v) is 5.24. The lowest BCUT2D eigenvalue weighted by Gasteiger charge is -2.22. The number of nitrogens with one attached hydrogen (secondary N) is 1. The van der Waals surface area contributed by atoms with Gasteiger partial charge in [0.15, 0.2) is 0 Å². The number of carbonyl (C=O) groups is 1. The Kier molecular flexibility index (Phi) is 7.73. The van der Waals surface area contributed by atoms with E-state index >= 15 is 0 Å². The molecule has 1 rings (SSSR count). The molecule has 0 radical (unpaired) electrons. The molecule has 0 unspecified atom stereocenters. The lowest BCUT2D eigenvalue weighted by molar-refractivity contribution is -0.122. The predicted molar refractivity (Wildman–Crippen MR) is 72.0 cm³/mol. The van der Waals surface area contributed by atoms with Crippen LogP contribution < -0.4 is 5.32 Å². The van der Waals surface area contributed by atoms with Crippen molar-refractivity contribution >= 4 is 18.5 Å². The smallest absolute Gasteiger partial charge is 0.220 e. The number of unbranched alkanes of at least 4 members (excludes halogenated alkanes) is 3. The van der Waals surface area contributed by atoms with Gasteiger partial charge in [-0.05, 0) is 31.4 Å². The number of thiol groups is 1. The van der Waals surface area contributed by atoms with E-state index in [-0.39, 0.29) is 5.91 Å². The van der Waals surface area contributed by atoms with Gasteiger partial charge < -0.3 is 5.32 Å². The van der Waals surface area contributed by atoms with Crippen LogP contribution in [0, 0.1) is 0 Å². The molecule has 0 saturated heterocycles. The molecule has 1 amide bonds. The Labute approximate surface area is 105 Å². The first kappa shape index (κ1) is 13.9. The molecule has 0 atom stereocenters. The molecule has 1 fully saturated rings. The van der Waals surface area contributed by atoms with Crippen molar-refractivity contribution in [3.8, 4) is 0 Å². The number of amides is 1. The van der Waals surface area contributed by atoms with Gasteiger partial charge in [0.2, 0.25) is 5.91 Å². The Balaban J connectivity index is 1.97. The molecule has 1 saturated carbocycles. The highest BCUT2D eigenvalue weighted by Crippen LogP contribution is 2.17. The molecule has 1 aliphatic carbocycles. The van der Waals surface area contributed by atoms with Gasteiger partial charge in [0.05, 0.1) is 0 Å². The van der Waals surface area contributed by atoms with E-state index in [4.69, 9.17) is 0 Å². The molecule has 0 heterocycles. The lowest BCUT2D eigenvalue weighted by Crippen LogP contribution is -2.35. The quantitative estimate of drug-likeness (QED) is 0.521. The summed E-state index contributed by atoms with van der Waals surface area (Å²) in [7, 11) is 0. The van der Waals surface area contributed by atoms with Gasteiger partial charge >= 0.3 is 0 Å². The normalized spacial score (nSPS) is 17.3. The van der Waals surface area contributed by atoms with Crippen LogP contribution in [0.3, 0.4) is 0 Å². The highest BCUT2D eigenvalue weighted by atomic mass is 32.1. The Morgan fingerprint density at radius 3 is 2.44 bits per heavy atom. The molecule has 3 heteroatoms. The molecule has 0 aliphatic heterocycles. The van der Waals surface area contributed by atoms with Gasteiger partial charge in [-0.3, -0.25) is 4.79 Å². The van der Waals surface area contributed by atoms with Gasteiger partial charge in [-0.25, -0.2) is 0 Å². The Hall–Kier alpha value is -0.180. The fourth-order valence-corrected chi connectivity index (χ4v) is 2.52. The molecule has 0 aromatic rings. The monoisotopic (exact) mass is 243 g/mol. The Morgan fingerprint density at radius 2 is 1.75 bits per heavy atom. The second-order valence-electron chi connectivity index (χ2n) is 4.79. The number of rotatable bonds is 7. The molecule has 0 aromatic heterocycles. The van der Waals surface area contributed by atoms with Crippen LogP contribution in [0.1, 0.15) is 64.2 Å². The third kappa shape index (κ3) is 6.41. The maximum atomic E-state index is 11.6. The number of carbonyl (C=O) groups excluding carboxylic acids is 1. The molecule has 94 valence electrons. The summed E-state index contributed by atoms with van der Waals surface area (Å²) in [6.45, 7) is 0. The molecule has 0 aromatic carbocycles. The van der Waals surface area contributed by atoms with Gasteiger partial charge in [-0.1, -0.05) is 32.1 Å². The summed E-state index contributed by atoms with van der Waals surface area (Å²) in [6.07, 6.45) is 11.6. The largest absolute Gasteiger partial charge is 0.353 e.